The molecule has 4 nitrogen and oxygen atoms in total. The van der Waals surface area contributed by atoms with Gasteiger partial charge in [0.2, 0.25) is 0 Å². The quantitative estimate of drug-likeness (QED) is 0.595. The molecule has 0 bridgehead atoms. The molecule has 2 atom stereocenters. The maximum atomic E-state index is 10.4. The Morgan fingerprint density at radius 3 is 2.74 bits per heavy atom. The van der Waals surface area contributed by atoms with Gasteiger partial charge in [-0.3, -0.25) is 4.79 Å². The molecule has 0 N–H and O–H groups in total. The van der Waals surface area contributed by atoms with Crippen LogP contribution in [0.15, 0.2) is 24.3 Å². The minimum absolute atomic E-state index is 0.0982. The molecular formula is C14H17BrO4. The average Bonchev–Trinajstić information content (AvgIpc) is 2.93. The lowest BCUT2D eigenvalue weighted by Gasteiger charge is -2.22. The monoisotopic (exact) mass is 328 g/mol. The predicted molar refractivity (Wildman–Crippen MR) is 74.2 cm³/mol. The van der Waals surface area contributed by atoms with E-state index in [4.69, 9.17) is 14.2 Å². The van der Waals surface area contributed by atoms with Gasteiger partial charge in [-0.1, -0.05) is 40.2 Å². The Hall–Kier alpha value is -0.910. The van der Waals surface area contributed by atoms with Crippen LogP contribution in [-0.2, 0) is 19.0 Å². The normalized spacial score (nSPS) is 19.1. The Balaban J connectivity index is 2.20. The van der Waals surface area contributed by atoms with E-state index in [2.05, 4.69) is 35.0 Å². The van der Waals surface area contributed by atoms with Crippen LogP contribution in [0.4, 0.5) is 0 Å². The Bertz CT molecular complexity index is 416. The summed E-state index contributed by atoms with van der Waals surface area (Å²) >= 11 is 3.55. The minimum atomic E-state index is -0.346. The fourth-order valence-corrected chi connectivity index (χ4v) is 2.41. The lowest BCUT2D eigenvalue weighted by Crippen LogP contribution is -2.24. The summed E-state index contributed by atoms with van der Waals surface area (Å²) in [5.74, 6) is -0.0982. The molecule has 1 aromatic carbocycles. The van der Waals surface area contributed by atoms with Crippen molar-refractivity contribution in [3.05, 3.63) is 35.4 Å². The topological polar surface area (TPSA) is 44.8 Å². The first-order chi connectivity index (χ1) is 9.22. The van der Waals surface area contributed by atoms with Gasteiger partial charge in [-0.15, -0.1) is 0 Å². The van der Waals surface area contributed by atoms with E-state index in [9.17, 15) is 4.79 Å². The van der Waals surface area contributed by atoms with Gasteiger partial charge in [0.05, 0.1) is 19.1 Å². The van der Waals surface area contributed by atoms with Crippen molar-refractivity contribution >= 4 is 22.4 Å². The van der Waals surface area contributed by atoms with Crippen molar-refractivity contribution in [2.45, 2.75) is 24.0 Å². The number of ether oxygens (including phenoxy) is 3. The van der Waals surface area contributed by atoms with Gasteiger partial charge in [0.25, 0.3) is 6.47 Å². The molecule has 1 aliphatic heterocycles. The second-order valence-corrected chi connectivity index (χ2v) is 5.81. The van der Waals surface area contributed by atoms with Crippen LogP contribution in [0.2, 0.25) is 0 Å². The maximum absolute atomic E-state index is 10.4. The lowest BCUT2D eigenvalue weighted by atomic mass is 9.96. The Morgan fingerprint density at radius 1 is 1.42 bits per heavy atom. The number of carbonyl (C=O) groups is 1. The van der Waals surface area contributed by atoms with Crippen LogP contribution in [0.1, 0.15) is 28.8 Å². The smallest absolute Gasteiger partial charge is 0.293 e. The molecule has 2 rings (SSSR count). The highest BCUT2D eigenvalue weighted by molar-refractivity contribution is 9.09. The predicted octanol–water partition coefficient (Wildman–Crippen LogP) is 2.77. The van der Waals surface area contributed by atoms with Gasteiger partial charge in [0, 0.05) is 4.83 Å². The standard InChI is InChI=1S/C14H17BrO4/c1-10(15)11-3-2-4-12(7-11)13(8-17-9-16)14-18-5-6-19-14/h2-4,7,9-10,13-14H,5-6,8H2,1H3. The zero-order chi connectivity index (χ0) is 13.7. The first-order valence-corrected chi connectivity index (χ1v) is 7.16. The van der Waals surface area contributed by atoms with E-state index in [0.717, 1.165) is 5.56 Å². The van der Waals surface area contributed by atoms with E-state index in [-0.39, 0.29) is 23.6 Å². The molecular weight excluding hydrogens is 312 g/mol. The summed E-state index contributed by atoms with van der Waals surface area (Å²) in [7, 11) is 0. The highest BCUT2D eigenvalue weighted by atomic mass is 79.9. The van der Waals surface area contributed by atoms with E-state index in [0.29, 0.717) is 19.7 Å². The van der Waals surface area contributed by atoms with Crippen molar-refractivity contribution in [3.63, 3.8) is 0 Å². The third-order valence-corrected chi connectivity index (χ3v) is 3.65. The maximum Gasteiger partial charge on any atom is 0.293 e. The van der Waals surface area contributed by atoms with Gasteiger partial charge in [0.15, 0.2) is 6.29 Å². The summed E-state index contributed by atoms with van der Waals surface area (Å²) < 4.78 is 16.0. The molecule has 0 amide bonds. The third-order valence-electron chi connectivity index (χ3n) is 3.12. The molecule has 0 aromatic heterocycles. The Kier molecular flexibility index (Phi) is 5.36. The number of carbonyl (C=O) groups excluding carboxylic acids is 1. The van der Waals surface area contributed by atoms with Crippen LogP contribution in [0.5, 0.6) is 0 Å². The van der Waals surface area contributed by atoms with Gasteiger partial charge < -0.3 is 14.2 Å². The highest BCUT2D eigenvalue weighted by Gasteiger charge is 2.29. The second kappa shape index (κ2) is 7.03. The zero-order valence-electron chi connectivity index (χ0n) is 10.8. The number of hydrogen-bond donors (Lipinski definition) is 0. The number of rotatable bonds is 6. The van der Waals surface area contributed by atoms with E-state index < -0.39 is 0 Å². The van der Waals surface area contributed by atoms with E-state index in [1.165, 1.54) is 5.56 Å². The first-order valence-electron chi connectivity index (χ1n) is 6.24. The summed E-state index contributed by atoms with van der Waals surface area (Å²) in [6, 6.07) is 8.13. The molecule has 0 spiro atoms. The van der Waals surface area contributed by atoms with Crippen LogP contribution in [-0.4, -0.2) is 32.6 Å². The summed E-state index contributed by atoms with van der Waals surface area (Å²) in [4.78, 5) is 10.7. The third kappa shape index (κ3) is 3.78. The molecule has 0 saturated carbocycles. The van der Waals surface area contributed by atoms with E-state index in [1.807, 2.05) is 12.1 Å². The highest BCUT2D eigenvalue weighted by Crippen LogP contribution is 2.29. The van der Waals surface area contributed by atoms with Gasteiger partial charge in [-0.05, 0) is 18.1 Å². The minimum Gasteiger partial charge on any atom is -0.467 e. The molecule has 1 heterocycles. The molecule has 1 aromatic rings. The molecule has 2 unspecified atom stereocenters. The number of alkyl halides is 1. The second-order valence-electron chi connectivity index (χ2n) is 4.43. The molecule has 0 aliphatic carbocycles. The van der Waals surface area contributed by atoms with Crippen LogP contribution in [0.25, 0.3) is 0 Å². The largest absolute Gasteiger partial charge is 0.467 e. The average molecular weight is 329 g/mol. The zero-order valence-corrected chi connectivity index (χ0v) is 12.3. The van der Waals surface area contributed by atoms with Crippen molar-refractivity contribution in [1.82, 2.24) is 0 Å². The van der Waals surface area contributed by atoms with E-state index in [1.54, 1.807) is 0 Å². The summed E-state index contributed by atoms with van der Waals surface area (Å²) in [5, 5.41) is 0. The fourth-order valence-electron chi connectivity index (χ4n) is 2.12. The van der Waals surface area contributed by atoms with Crippen molar-refractivity contribution in [2.24, 2.45) is 0 Å². The van der Waals surface area contributed by atoms with Crippen molar-refractivity contribution in [3.8, 4) is 0 Å². The lowest BCUT2D eigenvalue weighted by molar-refractivity contribution is -0.133. The van der Waals surface area contributed by atoms with Gasteiger partial charge in [0.1, 0.15) is 6.61 Å². The first kappa shape index (κ1) is 14.5. The molecule has 0 radical (unpaired) electrons. The Morgan fingerprint density at radius 2 is 2.11 bits per heavy atom. The van der Waals surface area contributed by atoms with Gasteiger partial charge >= 0.3 is 0 Å². The molecule has 1 saturated heterocycles. The van der Waals surface area contributed by atoms with Crippen LogP contribution in [0.3, 0.4) is 0 Å². The SMILES string of the molecule is CC(Br)c1cccc(C(COC=O)C2OCCO2)c1. The van der Waals surface area contributed by atoms with Crippen LogP contribution >= 0.6 is 15.9 Å². The number of benzene rings is 1. The van der Waals surface area contributed by atoms with Crippen molar-refractivity contribution < 1.29 is 19.0 Å². The summed E-state index contributed by atoms with van der Waals surface area (Å²) in [6.07, 6.45) is -0.346. The van der Waals surface area contributed by atoms with Crippen LogP contribution in [0, 0.1) is 0 Å². The fraction of sp³-hybridized carbons (Fsp3) is 0.500. The molecule has 1 fully saturated rings. The summed E-state index contributed by atoms with van der Waals surface area (Å²) in [5.41, 5.74) is 2.23. The summed E-state index contributed by atoms with van der Waals surface area (Å²) in [6.45, 7) is 3.94. The Labute approximate surface area is 121 Å². The van der Waals surface area contributed by atoms with Gasteiger partial charge in [-0.2, -0.15) is 0 Å². The van der Waals surface area contributed by atoms with Gasteiger partial charge in [-0.25, -0.2) is 0 Å². The molecule has 1 aliphatic rings. The molecule has 19 heavy (non-hydrogen) atoms. The van der Waals surface area contributed by atoms with E-state index >= 15 is 0 Å². The molecule has 104 valence electrons. The number of halogens is 1. The van der Waals surface area contributed by atoms with Crippen LogP contribution < -0.4 is 0 Å². The molecule has 5 heteroatoms. The number of hydrogen-bond acceptors (Lipinski definition) is 4. The van der Waals surface area contributed by atoms with Crippen molar-refractivity contribution in [1.29, 1.82) is 0 Å². The van der Waals surface area contributed by atoms with Crippen molar-refractivity contribution in [2.75, 3.05) is 19.8 Å².